The Morgan fingerprint density at radius 2 is 2.36 bits per heavy atom. The molecule has 0 fully saturated rings. The lowest BCUT2D eigenvalue weighted by Gasteiger charge is -1.94. The highest BCUT2D eigenvalue weighted by Crippen LogP contribution is 1.98. The molecular weight excluding hydrogens is 202 g/mol. The molecule has 0 aromatic carbocycles. The van der Waals surface area contributed by atoms with Gasteiger partial charge in [-0.1, -0.05) is 18.2 Å². The van der Waals surface area contributed by atoms with E-state index in [1.165, 1.54) is 0 Å². The normalized spacial score (nSPS) is 12.1. The lowest BCUT2D eigenvalue weighted by atomic mass is 10.3. The van der Waals surface area contributed by atoms with E-state index in [4.69, 9.17) is 0 Å². The third-order valence-corrected chi connectivity index (χ3v) is 1.94. The van der Waals surface area contributed by atoms with Crippen molar-refractivity contribution < 1.29 is 12.6 Å². The summed E-state index contributed by atoms with van der Waals surface area (Å²) < 4.78 is 25.7. The van der Waals surface area contributed by atoms with Crippen molar-refractivity contribution in [3.05, 3.63) is 36.2 Å². The van der Waals surface area contributed by atoms with Crippen LogP contribution < -0.4 is 0 Å². The minimum absolute atomic E-state index is 0.0493. The summed E-state index contributed by atoms with van der Waals surface area (Å²) in [6.45, 7) is 0.0493. The molecule has 1 aromatic heterocycles. The van der Waals surface area contributed by atoms with Crippen LogP contribution in [0.5, 0.6) is 0 Å². The van der Waals surface area contributed by atoms with Crippen LogP contribution >= 0.6 is 0 Å². The Balaban J connectivity index is 2.43. The molecule has 0 atom stereocenters. The molecule has 0 bridgehead atoms. The Hall–Kier alpha value is -1.20. The Kier molecular flexibility index (Phi) is 3.79. The van der Waals surface area contributed by atoms with Crippen molar-refractivity contribution in [2.45, 2.75) is 0 Å². The second kappa shape index (κ2) is 4.88. The molecule has 1 aromatic rings. The fourth-order valence-corrected chi connectivity index (χ4v) is 1.15. The molecule has 0 aliphatic carbocycles. The molecule has 76 valence electrons. The molecule has 4 nitrogen and oxygen atoms in total. The van der Waals surface area contributed by atoms with E-state index in [1.807, 2.05) is 6.07 Å². The Morgan fingerprint density at radius 1 is 1.57 bits per heavy atom. The van der Waals surface area contributed by atoms with Gasteiger partial charge in [0.25, 0.3) is 10.1 Å². The van der Waals surface area contributed by atoms with E-state index < -0.39 is 10.1 Å². The van der Waals surface area contributed by atoms with E-state index in [-0.39, 0.29) is 6.61 Å². The van der Waals surface area contributed by atoms with Gasteiger partial charge in [-0.3, -0.25) is 9.17 Å². The van der Waals surface area contributed by atoms with Gasteiger partial charge in [0.15, 0.2) is 0 Å². The number of nitrogens with zero attached hydrogens (tertiary/aromatic N) is 1. The molecule has 0 aliphatic heterocycles. The van der Waals surface area contributed by atoms with Gasteiger partial charge in [0.2, 0.25) is 0 Å². The van der Waals surface area contributed by atoms with Crippen molar-refractivity contribution >= 4 is 16.2 Å². The maximum Gasteiger partial charge on any atom is 0.264 e. The first-order valence-electron chi connectivity index (χ1n) is 3.99. The highest BCUT2D eigenvalue weighted by molar-refractivity contribution is 7.85. The molecule has 0 aliphatic rings. The molecule has 0 radical (unpaired) electrons. The van der Waals surface area contributed by atoms with Crippen molar-refractivity contribution in [2.75, 3.05) is 12.9 Å². The van der Waals surface area contributed by atoms with Crippen molar-refractivity contribution in [1.29, 1.82) is 0 Å². The zero-order valence-electron chi connectivity index (χ0n) is 7.75. The van der Waals surface area contributed by atoms with E-state index in [9.17, 15) is 8.42 Å². The zero-order valence-corrected chi connectivity index (χ0v) is 8.57. The average Bonchev–Trinajstić information content (AvgIpc) is 2.13. The summed E-state index contributed by atoms with van der Waals surface area (Å²) in [5.74, 6) is 0. The van der Waals surface area contributed by atoms with Crippen LogP contribution in [-0.4, -0.2) is 26.3 Å². The SMILES string of the molecule is CS(=O)(=O)OC/C=C/c1cccnc1. The number of hydrogen-bond donors (Lipinski definition) is 0. The first-order chi connectivity index (χ1) is 6.58. The van der Waals surface area contributed by atoms with Crippen LogP contribution in [0.1, 0.15) is 5.56 Å². The number of rotatable bonds is 4. The summed E-state index contributed by atoms with van der Waals surface area (Å²) in [6, 6.07) is 3.67. The van der Waals surface area contributed by atoms with E-state index >= 15 is 0 Å². The van der Waals surface area contributed by atoms with Crippen molar-refractivity contribution in [3.8, 4) is 0 Å². The first-order valence-corrected chi connectivity index (χ1v) is 5.80. The van der Waals surface area contributed by atoms with Crippen LogP contribution in [0.3, 0.4) is 0 Å². The van der Waals surface area contributed by atoms with Gasteiger partial charge in [0, 0.05) is 12.4 Å². The standard InChI is InChI=1S/C9H11NO3S/c1-14(11,12)13-7-3-5-9-4-2-6-10-8-9/h2-6,8H,7H2,1H3/b5-3+. The number of aromatic nitrogens is 1. The summed E-state index contributed by atoms with van der Waals surface area (Å²) in [5, 5.41) is 0. The largest absolute Gasteiger partial charge is 0.266 e. The second-order valence-electron chi connectivity index (χ2n) is 2.68. The molecule has 5 heteroatoms. The molecule has 1 heterocycles. The second-order valence-corrected chi connectivity index (χ2v) is 4.32. The van der Waals surface area contributed by atoms with Crippen LogP contribution in [0.25, 0.3) is 6.08 Å². The molecule has 0 saturated carbocycles. The molecule has 0 amide bonds. The molecule has 0 unspecified atom stereocenters. The van der Waals surface area contributed by atoms with Crippen molar-refractivity contribution in [1.82, 2.24) is 4.98 Å². The fraction of sp³-hybridized carbons (Fsp3) is 0.222. The Labute approximate surface area is 83.4 Å². The lowest BCUT2D eigenvalue weighted by Crippen LogP contribution is -2.01. The zero-order chi connectivity index (χ0) is 10.4. The summed E-state index contributed by atoms with van der Waals surface area (Å²) >= 11 is 0. The van der Waals surface area contributed by atoms with E-state index in [0.717, 1.165) is 11.8 Å². The molecule has 0 saturated heterocycles. The summed E-state index contributed by atoms with van der Waals surface area (Å²) in [7, 11) is -3.35. The molecule has 0 N–H and O–H groups in total. The summed E-state index contributed by atoms with van der Waals surface area (Å²) in [5.41, 5.74) is 0.907. The first kappa shape index (κ1) is 10.9. The summed E-state index contributed by atoms with van der Waals surface area (Å²) in [4.78, 5) is 3.90. The number of pyridine rings is 1. The topological polar surface area (TPSA) is 56.3 Å². The van der Waals surface area contributed by atoms with Gasteiger partial charge in [-0.15, -0.1) is 0 Å². The van der Waals surface area contributed by atoms with Gasteiger partial charge in [-0.2, -0.15) is 8.42 Å². The van der Waals surface area contributed by atoms with E-state index in [0.29, 0.717) is 0 Å². The molecular formula is C9H11NO3S. The van der Waals surface area contributed by atoms with Crippen LogP contribution in [0.4, 0.5) is 0 Å². The third-order valence-electron chi connectivity index (χ3n) is 1.37. The fourth-order valence-electron chi connectivity index (χ4n) is 0.822. The van der Waals surface area contributed by atoms with Crippen LogP contribution in [0, 0.1) is 0 Å². The predicted octanol–water partition coefficient (Wildman–Crippen LogP) is 1.07. The van der Waals surface area contributed by atoms with Crippen LogP contribution in [0.2, 0.25) is 0 Å². The summed E-state index contributed by atoms with van der Waals surface area (Å²) in [6.07, 6.45) is 7.74. The van der Waals surface area contributed by atoms with E-state index in [2.05, 4.69) is 9.17 Å². The minimum atomic E-state index is -3.35. The van der Waals surface area contributed by atoms with Gasteiger partial charge in [0.1, 0.15) is 0 Å². The molecule has 0 spiro atoms. The van der Waals surface area contributed by atoms with Crippen LogP contribution in [0.15, 0.2) is 30.6 Å². The van der Waals surface area contributed by atoms with Crippen LogP contribution in [-0.2, 0) is 14.3 Å². The number of hydrogen-bond acceptors (Lipinski definition) is 4. The minimum Gasteiger partial charge on any atom is -0.266 e. The van der Waals surface area contributed by atoms with Gasteiger partial charge in [-0.05, 0) is 11.6 Å². The Morgan fingerprint density at radius 3 is 2.93 bits per heavy atom. The van der Waals surface area contributed by atoms with Crippen molar-refractivity contribution in [3.63, 3.8) is 0 Å². The van der Waals surface area contributed by atoms with Gasteiger partial charge >= 0.3 is 0 Å². The maximum absolute atomic E-state index is 10.6. The van der Waals surface area contributed by atoms with E-state index in [1.54, 1.807) is 30.6 Å². The van der Waals surface area contributed by atoms with Gasteiger partial charge in [0.05, 0.1) is 12.9 Å². The quantitative estimate of drug-likeness (QED) is 0.702. The predicted molar refractivity (Wildman–Crippen MR) is 54.1 cm³/mol. The average molecular weight is 213 g/mol. The monoisotopic (exact) mass is 213 g/mol. The van der Waals surface area contributed by atoms with Gasteiger partial charge < -0.3 is 0 Å². The highest BCUT2D eigenvalue weighted by atomic mass is 32.2. The Bertz CT molecular complexity index is 397. The van der Waals surface area contributed by atoms with Gasteiger partial charge in [-0.25, -0.2) is 0 Å². The third kappa shape index (κ3) is 4.74. The smallest absolute Gasteiger partial charge is 0.264 e. The van der Waals surface area contributed by atoms with Crippen molar-refractivity contribution in [2.24, 2.45) is 0 Å². The maximum atomic E-state index is 10.6. The molecule has 1 rings (SSSR count). The lowest BCUT2D eigenvalue weighted by molar-refractivity contribution is 0.362. The molecule has 14 heavy (non-hydrogen) atoms. The highest BCUT2D eigenvalue weighted by Gasteiger charge is 1.97.